The van der Waals surface area contributed by atoms with Crippen molar-refractivity contribution < 1.29 is 0 Å². The molecule has 3 aliphatic rings. The molecule has 1 aromatic rings. The highest BCUT2D eigenvalue weighted by Crippen LogP contribution is 2.34. The highest BCUT2D eigenvalue weighted by molar-refractivity contribution is 5.99. The number of pyridine rings is 1. The van der Waals surface area contributed by atoms with E-state index in [2.05, 4.69) is 27.5 Å². The zero-order chi connectivity index (χ0) is 17.1. The Morgan fingerprint density at radius 2 is 1.96 bits per heavy atom. The van der Waals surface area contributed by atoms with Crippen LogP contribution in [0.25, 0.3) is 5.70 Å². The number of piperidine rings is 1. The molecule has 1 aromatic heterocycles. The zero-order valence-electron chi connectivity index (χ0n) is 15.0. The molecule has 5 heteroatoms. The maximum atomic E-state index is 4.98. The number of hydrogen-bond donors (Lipinski definition) is 3. The number of aliphatic imine (C=N–C) groups is 1. The normalized spacial score (nSPS) is 21.8. The highest BCUT2D eigenvalue weighted by Gasteiger charge is 2.26. The van der Waals surface area contributed by atoms with Crippen LogP contribution in [-0.2, 0) is 6.54 Å². The van der Waals surface area contributed by atoms with Crippen LogP contribution in [0.5, 0.6) is 0 Å². The molecule has 2 aliphatic heterocycles. The molecule has 5 nitrogen and oxygen atoms in total. The summed E-state index contributed by atoms with van der Waals surface area (Å²) in [5.74, 6) is 2.43. The van der Waals surface area contributed by atoms with E-state index >= 15 is 0 Å². The summed E-state index contributed by atoms with van der Waals surface area (Å²) in [7, 11) is 0. The summed E-state index contributed by atoms with van der Waals surface area (Å²) in [6.07, 6.45) is 9.49. The summed E-state index contributed by atoms with van der Waals surface area (Å²) in [5, 5.41) is 10.5. The van der Waals surface area contributed by atoms with Crippen molar-refractivity contribution in [2.24, 2.45) is 16.8 Å². The van der Waals surface area contributed by atoms with Gasteiger partial charge in [0.25, 0.3) is 0 Å². The Hall–Kier alpha value is -1.72. The first-order chi connectivity index (χ1) is 12.3. The number of hydrogen-bond acceptors (Lipinski definition) is 5. The van der Waals surface area contributed by atoms with Gasteiger partial charge in [-0.05, 0) is 57.3 Å². The lowest BCUT2D eigenvalue weighted by atomic mass is 9.98. The van der Waals surface area contributed by atoms with Crippen LogP contribution < -0.4 is 16.0 Å². The van der Waals surface area contributed by atoms with Crippen LogP contribution in [0.2, 0.25) is 0 Å². The SMILES string of the molecule is C=C1NC(C2CCCC2)=Nc2c1ccnc2CNCC1CCNCC1. The van der Waals surface area contributed by atoms with Crippen molar-refractivity contribution in [1.29, 1.82) is 0 Å². The average molecular weight is 339 g/mol. The fourth-order valence-electron chi connectivity index (χ4n) is 4.24. The molecule has 25 heavy (non-hydrogen) atoms. The smallest absolute Gasteiger partial charge is 0.110 e. The zero-order valence-corrected chi connectivity index (χ0v) is 15.0. The Bertz CT molecular complexity index is 654. The third kappa shape index (κ3) is 3.77. The van der Waals surface area contributed by atoms with E-state index in [0.29, 0.717) is 5.92 Å². The van der Waals surface area contributed by atoms with Crippen molar-refractivity contribution in [3.05, 3.63) is 30.1 Å². The molecule has 1 saturated heterocycles. The minimum Gasteiger partial charge on any atom is -0.343 e. The topological polar surface area (TPSA) is 61.3 Å². The van der Waals surface area contributed by atoms with Gasteiger partial charge in [-0.15, -0.1) is 0 Å². The van der Waals surface area contributed by atoms with E-state index in [9.17, 15) is 0 Å². The van der Waals surface area contributed by atoms with Crippen molar-refractivity contribution in [2.75, 3.05) is 19.6 Å². The summed E-state index contributed by atoms with van der Waals surface area (Å²) in [4.78, 5) is 9.59. The van der Waals surface area contributed by atoms with Gasteiger partial charge in [0.1, 0.15) is 5.84 Å². The molecule has 0 radical (unpaired) electrons. The Labute approximate surface area is 150 Å². The van der Waals surface area contributed by atoms with Gasteiger partial charge in [-0.25, -0.2) is 4.99 Å². The second-order valence-corrected chi connectivity index (χ2v) is 7.56. The third-order valence-corrected chi connectivity index (χ3v) is 5.76. The number of amidine groups is 1. The lowest BCUT2D eigenvalue weighted by Gasteiger charge is -2.25. The van der Waals surface area contributed by atoms with Crippen LogP contribution in [0.4, 0.5) is 5.69 Å². The van der Waals surface area contributed by atoms with Crippen molar-refractivity contribution in [3.63, 3.8) is 0 Å². The molecule has 4 rings (SSSR count). The maximum Gasteiger partial charge on any atom is 0.110 e. The molecular weight excluding hydrogens is 310 g/mol. The van der Waals surface area contributed by atoms with Crippen molar-refractivity contribution in [3.8, 4) is 0 Å². The molecule has 1 aliphatic carbocycles. The minimum atomic E-state index is 0.556. The minimum absolute atomic E-state index is 0.556. The van der Waals surface area contributed by atoms with E-state index in [4.69, 9.17) is 4.99 Å². The standard InChI is InChI=1S/C20H29N5/c1-14-17-8-11-23-18(13-22-12-15-6-9-21-10-7-15)19(17)25-20(24-14)16-4-2-3-5-16/h8,11,15-16,21-22H,1-7,9-10,12-13H2,(H,24,25). The number of nitrogens with one attached hydrogen (secondary N) is 3. The maximum absolute atomic E-state index is 4.98. The lowest BCUT2D eigenvalue weighted by molar-refractivity contribution is 0.356. The summed E-state index contributed by atoms with van der Waals surface area (Å²) in [6, 6.07) is 2.02. The quantitative estimate of drug-likeness (QED) is 0.772. The second kappa shape index (κ2) is 7.67. The molecule has 3 heterocycles. The number of nitrogens with zero attached hydrogens (tertiary/aromatic N) is 2. The first-order valence-corrected chi connectivity index (χ1v) is 9.75. The largest absolute Gasteiger partial charge is 0.343 e. The van der Waals surface area contributed by atoms with E-state index < -0.39 is 0 Å². The fourth-order valence-corrected chi connectivity index (χ4v) is 4.24. The summed E-state index contributed by atoms with van der Waals surface area (Å²) < 4.78 is 0. The monoisotopic (exact) mass is 339 g/mol. The number of fused-ring (bicyclic) bond motifs is 1. The van der Waals surface area contributed by atoms with Crippen LogP contribution in [0.1, 0.15) is 49.8 Å². The summed E-state index contributed by atoms with van der Waals surface area (Å²) in [6.45, 7) is 8.35. The van der Waals surface area contributed by atoms with Gasteiger partial charge in [-0.1, -0.05) is 19.4 Å². The number of aromatic nitrogens is 1. The van der Waals surface area contributed by atoms with Gasteiger partial charge in [0.05, 0.1) is 11.4 Å². The van der Waals surface area contributed by atoms with Gasteiger partial charge in [0.15, 0.2) is 0 Å². The third-order valence-electron chi connectivity index (χ3n) is 5.76. The van der Waals surface area contributed by atoms with Crippen molar-refractivity contribution >= 4 is 17.2 Å². The molecule has 2 fully saturated rings. The molecule has 134 valence electrons. The van der Waals surface area contributed by atoms with E-state index in [0.717, 1.165) is 60.6 Å². The summed E-state index contributed by atoms with van der Waals surface area (Å²) >= 11 is 0. The van der Waals surface area contributed by atoms with Crippen LogP contribution in [0.15, 0.2) is 23.8 Å². The number of rotatable bonds is 5. The molecule has 0 unspecified atom stereocenters. The molecule has 0 spiro atoms. The molecule has 0 bridgehead atoms. The highest BCUT2D eigenvalue weighted by atomic mass is 15.1. The molecule has 1 saturated carbocycles. The van der Waals surface area contributed by atoms with E-state index in [1.54, 1.807) is 0 Å². The van der Waals surface area contributed by atoms with E-state index in [1.807, 2.05) is 12.3 Å². The van der Waals surface area contributed by atoms with E-state index in [1.165, 1.54) is 38.5 Å². The van der Waals surface area contributed by atoms with Gasteiger partial charge in [0.2, 0.25) is 0 Å². The van der Waals surface area contributed by atoms with Gasteiger partial charge in [-0.2, -0.15) is 0 Å². The Morgan fingerprint density at radius 1 is 1.16 bits per heavy atom. The van der Waals surface area contributed by atoms with Crippen LogP contribution >= 0.6 is 0 Å². The predicted octanol–water partition coefficient (Wildman–Crippen LogP) is 2.96. The van der Waals surface area contributed by atoms with Crippen LogP contribution in [-0.4, -0.2) is 30.5 Å². The Balaban J connectivity index is 1.48. The Kier molecular flexibility index (Phi) is 5.13. The Morgan fingerprint density at radius 3 is 2.76 bits per heavy atom. The van der Waals surface area contributed by atoms with Gasteiger partial charge in [-0.3, -0.25) is 4.98 Å². The molecule has 0 atom stereocenters. The van der Waals surface area contributed by atoms with Gasteiger partial charge >= 0.3 is 0 Å². The second-order valence-electron chi connectivity index (χ2n) is 7.56. The van der Waals surface area contributed by atoms with Gasteiger partial charge < -0.3 is 16.0 Å². The van der Waals surface area contributed by atoms with E-state index in [-0.39, 0.29) is 0 Å². The molecule has 3 N–H and O–H groups in total. The molecule has 0 aromatic carbocycles. The first-order valence-electron chi connectivity index (χ1n) is 9.75. The average Bonchev–Trinajstić information content (AvgIpc) is 3.18. The lowest BCUT2D eigenvalue weighted by Crippen LogP contribution is -2.34. The van der Waals surface area contributed by atoms with Crippen LogP contribution in [0.3, 0.4) is 0 Å². The first kappa shape index (κ1) is 16.7. The molecule has 0 amide bonds. The predicted molar refractivity (Wildman–Crippen MR) is 103 cm³/mol. The van der Waals surface area contributed by atoms with Crippen molar-refractivity contribution in [2.45, 2.75) is 45.1 Å². The summed E-state index contributed by atoms with van der Waals surface area (Å²) in [5.41, 5.74) is 4.12. The van der Waals surface area contributed by atoms with Crippen LogP contribution in [0, 0.1) is 11.8 Å². The fraction of sp³-hybridized carbons (Fsp3) is 0.600. The molecular formula is C20H29N5. The van der Waals surface area contributed by atoms with Gasteiger partial charge in [0, 0.05) is 29.9 Å². The van der Waals surface area contributed by atoms with Crippen molar-refractivity contribution in [1.82, 2.24) is 20.9 Å².